The molecule has 0 amide bonds. The fraction of sp³-hybridized carbons (Fsp3) is 0.211. The number of methoxy groups -OCH3 is 2. The van der Waals surface area contributed by atoms with Crippen molar-refractivity contribution < 1.29 is 9.47 Å². The highest BCUT2D eigenvalue weighted by Gasteiger charge is 2.20. The van der Waals surface area contributed by atoms with E-state index >= 15 is 0 Å². The number of thioether (sulfide) groups is 1. The topological polar surface area (TPSA) is 61.5 Å². The lowest BCUT2D eigenvalue weighted by molar-refractivity contribution is 0.355. The third-order valence-electron chi connectivity index (χ3n) is 4.23. The minimum absolute atomic E-state index is 0.632. The molecule has 2 aromatic carbocycles. The summed E-state index contributed by atoms with van der Waals surface area (Å²) < 4.78 is 12.5. The van der Waals surface area contributed by atoms with E-state index < -0.39 is 0 Å². The van der Waals surface area contributed by atoms with Crippen molar-refractivity contribution in [1.29, 1.82) is 0 Å². The van der Waals surface area contributed by atoms with Gasteiger partial charge < -0.3 is 9.47 Å². The first-order valence-corrected chi connectivity index (χ1v) is 9.66. The molecule has 138 valence electrons. The van der Waals surface area contributed by atoms with Crippen LogP contribution in [0.1, 0.15) is 17.0 Å². The lowest BCUT2D eigenvalue weighted by Gasteiger charge is -2.15. The van der Waals surface area contributed by atoms with Gasteiger partial charge in [-0.05, 0) is 35.9 Å². The Hall–Kier alpha value is -2.51. The van der Waals surface area contributed by atoms with Crippen molar-refractivity contribution in [1.82, 2.24) is 14.9 Å². The molecule has 0 atom stereocenters. The Morgan fingerprint density at radius 1 is 1.04 bits per heavy atom. The molecule has 2 heterocycles. The number of hydrogen-bond acceptors (Lipinski definition) is 6. The third-order valence-corrected chi connectivity index (χ3v) is 5.41. The maximum absolute atomic E-state index is 5.96. The first kappa shape index (κ1) is 17.9. The van der Waals surface area contributed by atoms with Gasteiger partial charge in [0.25, 0.3) is 0 Å². The predicted molar refractivity (Wildman–Crippen MR) is 106 cm³/mol. The van der Waals surface area contributed by atoms with E-state index in [-0.39, 0.29) is 0 Å². The van der Waals surface area contributed by atoms with E-state index in [2.05, 4.69) is 10.2 Å². The maximum atomic E-state index is 5.96. The van der Waals surface area contributed by atoms with Crippen molar-refractivity contribution >= 4 is 29.1 Å². The Morgan fingerprint density at radius 3 is 2.56 bits per heavy atom. The molecular weight excluding hydrogens is 384 g/mol. The molecule has 0 spiro atoms. The van der Waals surface area contributed by atoms with Crippen molar-refractivity contribution in [3.63, 3.8) is 0 Å². The second-order valence-electron chi connectivity index (χ2n) is 5.92. The summed E-state index contributed by atoms with van der Waals surface area (Å²) in [5.74, 6) is 2.88. The average molecular weight is 401 g/mol. The van der Waals surface area contributed by atoms with Crippen LogP contribution in [0.3, 0.4) is 0 Å². The van der Waals surface area contributed by atoms with Crippen LogP contribution in [0, 0.1) is 0 Å². The molecule has 1 aliphatic rings. The largest absolute Gasteiger partial charge is 0.493 e. The van der Waals surface area contributed by atoms with Crippen LogP contribution in [0.15, 0.2) is 52.7 Å². The molecule has 8 heteroatoms. The summed E-state index contributed by atoms with van der Waals surface area (Å²) in [6.45, 7) is 0. The molecule has 0 saturated heterocycles. The van der Waals surface area contributed by atoms with E-state index in [1.54, 1.807) is 26.0 Å². The van der Waals surface area contributed by atoms with Crippen LogP contribution in [0.5, 0.6) is 11.5 Å². The van der Waals surface area contributed by atoms with Crippen molar-refractivity contribution in [2.24, 2.45) is 5.10 Å². The first-order valence-electron chi connectivity index (χ1n) is 8.29. The number of nitrogens with zero attached hydrogens (tertiary/aromatic N) is 4. The number of rotatable bonds is 5. The third kappa shape index (κ3) is 3.65. The van der Waals surface area contributed by atoms with Crippen LogP contribution >= 0.6 is 23.4 Å². The van der Waals surface area contributed by atoms with Gasteiger partial charge in [0.2, 0.25) is 5.16 Å². The molecule has 0 radical (unpaired) electrons. The maximum Gasteiger partial charge on any atom is 0.212 e. The predicted octanol–water partition coefficient (Wildman–Crippen LogP) is 3.90. The number of ether oxygens (including phenoxy) is 2. The average Bonchev–Trinajstić information content (AvgIpc) is 3.11. The fourth-order valence-electron chi connectivity index (χ4n) is 2.82. The first-order chi connectivity index (χ1) is 13.2. The van der Waals surface area contributed by atoms with Crippen LogP contribution in [-0.2, 0) is 6.42 Å². The van der Waals surface area contributed by atoms with Crippen LogP contribution in [0.4, 0.5) is 0 Å². The van der Waals surface area contributed by atoms with Crippen LogP contribution < -0.4 is 9.47 Å². The molecule has 3 aromatic rings. The monoisotopic (exact) mass is 400 g/mol. The standard InChI is InChI=1S/C19H17ClN4O2S/c1-25-16-8-5-13(10-17(16)26-2)15-11-27-19-22-21-18(24(19)23-15)9-12-3-6-14(20)7-4-12/h3-8,10H,9,11H2,1-2H3. The molecular formula is C19H17ClN4O2S. The lowest BCUT2D eigenvalue weighted by Crippen LogP contribution is -2.15. The van der Waals surface area contributed by atoms with Gasteiger partial charge in [-0.25, -0.2) is 0 Å². The molecule has 1 aromatic heterocycles. The summed E-state index contributed by atoms with van der Waals surface area (Å²) >= 11 is 7.58. The fourth-order valence-corrected chi connectivity index (χ4v) is 3.80. The van der Waals surface area contributed by atoms with E-state index in [0.717, 1.165) is 27.8 Å². The van der Waals surface area contributed by atoms with Gasteiger partial charge in [-0.15, -0.1) is 10.2 Å². The van der Waals surface area contributed by atoms with E-state index in [0.29, 0.717) is 28.7 Å². The van der Waals surface area contributed by atoms with Gasteiger partial charge in [-0.2, -0.15) is 9.78 Å². The molecule has 6 nitrogen and oxygen atoms in total. The van der Waals surface area contributed by atoms with Crippen molar-refractivity contribution in [2.45, 2.75) is 11.6 Å². The zero-order valence-corrected chi connectivity index (χ0v) is 16.4. The van der Waals surface area contributed by atoms with Gasteiger partial charge in [0, 0.05) is 22.8 Å². The highest BCUT2D eigenvalue weighted by Crippen LogP contribution is 2.30. The van der Waals surface area contributed by atoms with E-state index in [1.165, 1.54) is 0 Å². The molecule has 1 aliphatic heterocycles. The molecule has 0 N–H and O–H groups in total. The smallest absolute Gasteiger partial charge is 0.212 e. The van der Waals surface area contributed by atoms with Crippen LogP contribution in [0.2, 0.25) is 5.02 Å². The number of aromatic nitrogens is 3. The van der Waals surface area contributed by atoms with Gasteiger partial charge in [0.05, 0.1) is 19.9 Å². The van der Waals surface area contributed by atoms with Crippen molar-refractivity contribution in [3.8, 4) is 11.5 Å². The van der Waals surface area contributed by atoms with Crippen LogP contribution in [-0.4, -0.2) is 40.6 Å². The quantitative estimate of drug-likeness (QED) is 0.650. The zero-order valence-electron chi connectivity index (χ0n) is 14.8. The second kappa shape index (κ2) is 7.62. The van der Waals surface area contributed by atoms with Gasteiger partial charge in [-0.1, -0.05) is 35.5 Å². The van der Waals surface area contributed by atoms with Gasteiger partial charge in [-0.3, -0.25) is 0 Å². The minimum Gasteiger partial charge on any atom is -0.493 e. The lowest BCUT2D eigenvalue weighted by atomic mass is 10.1. The molecule has 0 unspecified atom stereocenters. The molecule has 4 rings (SSSR count). The number of halogens is 1. The normalized spacial score (nSPS) is 13.1. The summed E-state index contributed by atoms with van der Waals surface area (Å²) in [5, 5.41) is 14.9. The van der Waals surface area contributed by atoms with E-state index in [9.17, 15) is 0 Å². The molecule has 0 saturated carbocycles. The molecule has 27 heavy (non-hydrogen) atoms. The highest BCUT2D eigenvalue weighted by molar-refractivity contribution is 7.99. The van der Waals surface area contributed by atoms with Crippen molar-refractivity contribution in [2.75, 3.05) is 20.0 Å². The summed E-state index contributed by atoms with van der Waals surface area (Å²) in [7, 11) is 3.25. The van der Waals surface area contributed by atoms with Crippen molar-refractivity contribution in [3.05, 3.63) is 64.4 Å². The Morgan fingerprint density at radius 2 is 1.81 bits per heavy atom. The SMILES string of the molecule is COc1ccc(C2=Nn3c(Cc4ccc(Cl)cc4)nnc3SC2)cc1OC. The Bertz CT molecular complexity index is 1000. The van der Waals surface area contributed by atoms with Gasteiger partial charge in [0.1, 0.15) is 0 Å². The van der Waals surface area contributed by atoms with E-state index in [1.807, 2.05) is 47.1 Å². The van der Waals surface area contributed by atoms with E-state index in [4.69, 9.17) is 26.2 Å². The van der Waals surface area contributed by atoms with Crippen LogP contribution in [0.25, 0.3) is 0 Å². The second-order valence-corrected chi connectivity index (χ2v) is 7.30. The number of benzene rings is 2. The van der Waals surface area contributed by atoms with Gasteiger partial charge in [0.15, 0.2) is 17.3 Å². The molecule has 0 aliphatic carbocycles. The Balaban J connectivity index is 1.66. The Kier molecular flexibility index (Phi) is 5.05. The summed E-state index contributed by atoms with van der Waals surface area (Å²) in [4.78, 5) is 0. The number of fused-ring (bicyclic) bond motifs is 1. The molecule has 0 fully saturated rings. The highest BCUT2D eigenvalue weighted by atomic mass is 35.5. The number of hydrogen-bond donors (Lipinski definition) is 0. The summed E-state index contributed by atoms with van der Waals surface area (Å²) in [6.07, 6.45) is 0.632. The zero-order chi connectivity index (χ0) is 18.8. The molecule has 0 bridgehead atoms. The summed E-state index contributed by atoms with van der Waals surface area (Å²) in [6, 6.07) is 13.5. The van der Waals surface area contributed by atoms with Gasteiger partial charge >= 0.3 is 0 Å². The minimum atomic E-state index is 0.632. The summed E-state index contributed by atoms with van der Waals surface area (Å²) in [5.41, 5.74) is 3.02. The Labute approximate surface area is 166 Å².